The van der Waals surface area contributed by atoms with Crippen molar-refractivity contribution >= 4 is 0 Å². The molecule has 0 heterocycles. The van der Waals surface area contributed by atoms with Crippen molar-refractivity contribution in [3.05, 3.63) is 35.9 Å². The van der Waals surface area contributed by atoms with Gasteiger partial charge in [-0.25, -0.2) is 0 Å². The van der Waals surface area contributed by atoms with Crippen molar-refractivity contribution in [1.29, 1.82) is 0 Å². The van der Waals surface area contributed by atoms with Crippen molar-refractivity contribution in [1.82, 2.24) is 0 Å². The molecule has 0 aliphatic heterocycles. The topological polar surface area (TPSA) is 35.2 Å². The smallest absolute Gasteiger partial charge is 0.0901 e. The molecule has 0 radical (unpaired) electrons. The molecule has 1 aromatic carbocycles. The van der Waals surface area contributed by atoms with Gasteiger partial charge in [-0.1, -0.05) is 36.3 Å². The zero-order chi connectivity index (χ0) is 10.2. The molecule has 2 nitrogen and oxygen atoms in total. The third-order valence-electron chi connectivity index (χ3n) is 1.74. The van der Waals surface area contributed by atoms with Gasteiger partial charge in [-0.05, 0) is 12.5 Å². The number of hydrogen-bond acceptors (Lipinski definition) is 2. The van der Waals surface area contributed by atoms with E-state index in [4.69, 9.17) is 10.5 Å². The number of benzene rings is 1. The molecule has 0 saturated carbocycles. The van der Waals surface area contributed by atoms with Gasteiger partial charge < -0.3 is 10.5 Å². The maximum Gasteiger partial charge on any atom is 0.0901 e. The van der Waals surface area contributed by atoms with Crippen molar-refractivity contribution in [2.75, 3.05) is 6.61 Å². The highest BCUT2D eigenvalue weighted by molar-refractivity contribution is 5.13. The molecule has 0 aromatic heterocycles. The summed E-state index contributed by atoms with van der Waals surface area (Å²) in [7, 11) is 0. The van der Waals surface area contributed by atoms with E-state index in [-0.39, 0.29) is 6.04 Å². The molecule has 2 heteroatoms. The van der Waals surface area contributed by atoms with Crippen molar-refractivity contribution in [2.24, 2.45) is 5.73 Å². The fourth-order valence-electron chi connectivity index (χ4n) is 1.11. The van der Waals surface area contributed by atoms with E-state index >= 15 is 0 Å². The summed E-state index contributed by atoms with van der Waals surface area (Å²) in [5.74, 6) is 5.60. The van der Waals surface area contributed by atoms with Crippen LogP contribution in [0.1, 0.15) is 12.5 Å². The van der Waals surface area contributed by atoms with Gasteiger partial charge >= 0.3 is 0 Å². The molecule has 0 aliphatic rings. The quantitative estimate of drug-likeness (QED) is 0.729. The summed E-state index contributed by atoms with van der Waals surface area (Å²) in [6, 6.07) is 9.84. The van der Waals surface area contributed by atoms with Gasteiger partial charge in [0.1, 0.15) is 0 Å². The predicted octanol–water partition coefficient (Wildman–Crippen LogP) is 1.55. The predicted molar refractivity (Wildman–Crippen MR) is 57.5 cm³/mol. The average Bonchev–Trinajstić information content (AvgIpc) is 2.20. The fourth-order valence-corrected chi connectivity index (χ4v) is 1.11. The molecular formula is C12H15NO. The van der Waals surface area contributed by atoms with Gasteiger partial charge in [-0.3, -0.25) is 0 Å². The van der Waals surface area contributed by atoms with Crippen LogP contribution in [0.15, 0.2) is 30.3 Å². The molecule has 1 atom stereocenters. The minimum absolute atomic E-state index is 0.177. The summed E-state index contributed by atoms with van der Waals surface area (Å²) in [5.41, 5.74) is 6.81. The Labute approximate surface area is 85.1 Å². The van der Waals surface area contributed by atoms with E-state index in [9.17, 15) is 0 Å². The van der Waals surface area contributed by atoms with Gasteiger partial charge in [0.2, 0.25) is 0 Å². The van der Waals surface area contributed by atoms with Gasteiger partial charge in [-0.2, -0.15) is 0 Å². The molecule has 1 rings (SSSR count). The van der Waals surface area contributed by atoms with Crippen LogP contribution in [0, 0.1) is 11.8 Å². The van der Waals surface area contributed by atoms with E-state index in [1.807, 2.05) is 30.3 Å². The standard InChI is InChI=1S/C12H15NO/c1-2-6-12(13)10-14-9-11-7-4-3-5-8-11/h3-5,7-8,12H,9-10,13H2,1H3. The molecule has 0 aliphatic carbocycles. The first-order valence-electron chi connectivity index (χ1n) is 4.62. The van der Waals surface area contributed by atoms with E-state index < -0.39 is 0 Å². The van der Waals surface area contributed by atoms with Crippen LogP contribution in [0.2, 0.25) is 0 Å². The monoisotopic (exact) mass is 189 g/mol. The zero-order valence-corrected chi connectivity index (χ0v) is 8.36. The Kier molecular flexibility index (Phi) is 4.77. The summed E-state index contributed by atoms with van der Waals surface area (Å²) < 4.78 is 5.41. The van der Waals surface area contributed by atoms with Crippen LogP contribution in [-0.2, 0) is 11.3 Å². The number of hydrogen-bond donors (Lipinski definition) is 1. The second-order valence-electron chi connectivity index (χ2n) is 3.00. The molecule has 2 N–H and O–H groups in total. The summed E-state index contributed by atoms with van der Waals surface area (Å²) in [4.78, 5) is 0. The Hall–Kier alpha value is -1.30. The lowest BCUT2D eigenvalue weighted by Crippen LogP contribution is -2.23. The van der Waals surface area contributed by atoms with Gasteiger partial charge in [0.05, 0.1) is 19.3 Å². The highest BCUT2D eigenvalue weighted by Gasteiger charge is 1.97. The highest BCUT2D eigenvalue weighted by Crippen LogP contribution is 2.00. The van der Waals surface area contributed by atoms with Gasteiger partial charge in [0.15, 0.2) is 0 Å². The van der Waals surface area contributed by atoms with Crippen LogP contribution in [0.5, 0.6) is 0 Å². The Bertz CT molecular complexity index is 310. The minimum atomic E-state index is -0.177. The van der Waals surface area contributed by atoms with Crippen LogP contribution < -0.4 is 5.73 Å². The van der Waals surface area contributed by atoms with Crippen LogP contribution in [-0.4, -0.2) is 12.6 Å². The Morgan fingerprint density at radius 3 is 2.71 bits per heavy atom. The van der Waals surface area contributed by atoms with Crippen molar-refractivity contribution in [2.45, 2.75) is 19.6 Å². The van der Waals surface area contributed by atoms with Gasteiger partial charge in [0, 0.05) is 0 Å². The van der Waals surface area contributed by atoms with E-state index in [2.05, 4.69) is 11.8 Å². The van der Waals surface area contributed by atoms with E-state index in [1.54, 1.807) is 6.92 Å². The number of rotatable bonds is 4. The normalized spacial score (nSPS) is 11.6. The largest absolute Gasteiger partial charge is 0.374 e. The fraction of sp³-hybridized carbons (Fsp3) is 0.333. The molecule has 0 amide bonds. The Morgan fingerprint density at radius 1 is 1.36 bits per heavy atom. The lowest BCUT2D eigenvalue weighted by molar-refractivity contribution is 0.118. The van der Waals surface area contributed by atoms with Crippen molar-refractivity contribution < 1.29 is 4.74 Å². The third-order valence-corrected chi connectivity index (χ3v) is 1.74. The second kappa shape index (κ2) is 6.20. The lowest BCUT2D eigenvalue weighted by atomic mass is 10.2. The van der Waals surface area contributed by atoms with Gasteiger partial charge in [0.25, 0.3) is 0 Å². The van der Waals surface area contributed by atoms with Crippen molar-refractivity contribution in [3.63, 3.8) is 0 Å². The molecule has 0 spiro atoms. The van der Waals surface area contributed by atoms with Crippen LogP contribution >= 0.6 is 0 Å². The maximum atomic E-state index is 5.65. The number of nitrogens with two attached hydrogens (primary N) is 1. The average molecular weight is 189 g/mol. The molecule has 0 bridgehead atoms. The Morgan fingerprint density at radius 2 is 2.07 bits per heavy atom. The molecule has 14 heavy (non-hydrogen) atoms. The van der Waals surface area contributed by atoms with E-state index in [0.29, 0.717) is 13.2 Å². The molecule has 0 saturated heterocycles. The SMILES string of the molecule is CC#CC(N)COCc1ccccc1. The van der Waals surface area contributed by atoms with Gasteiger partial charge in [-0.15, -0.1) is 5.92 Å². The van der Waals surface area contributed by atoms with Crippen LogP contribution in [0.25, 0.3) is 0 Å². The molecule has 1 unspecified atom stereocenters. The maximum absolute atomic E-state index is 5.65. The van der Waals surface area contributed by atoms with Crippen LogP contribution in [0.4, 0.5) is 0 Å². The molecular weight excluding hydrogens is 174 g/mol. The molecule has 74 valence electrons. The van der Waals surface area contributed by atoms with Crippen molar-refractivity contribution in [3.8, 4) is 11.8 Å². The van der Waals surface area contributed by atoms with E-state index in [0.717, 1.165) is 5.56 Å². The zero-order valence-electron chi connectivity index (χ0n) is 8.36. The summed E-state index contributed by atoms with van der Waals surface area (Å²) in [5, 5.41) is 0. The third kappa shape index (κ3) is 4.08. The first kappa shape index (κ1) is 10.8. The molecule has 0 fully saturated rings. The summed E-state index contributed by atoms with van der Waals surface area (Å²) >= 11 is 0. The lowest BCUT2D eigenvalue weighted by Gasteiger charge is -2.06. The summed E-state index contributed by atoms with van der Waals surface area (Å²) in [6.45, 7) is 2.85. The molecule has 1 aromatic rings. The minimum Gasteiger partial charge on any atom is -0.374 e. The number of ether oxygens (including phenoxy) is 1. The second-order valence-corrected chi connectivity index (χ2v) is 3.00. The Balaban J connectivity index is 2.24. The van der Waals surface area contributed by atoms with Crippen LogP contribution in [0.3, 0.4) is 0 Å². The highest BCUT2D eigenvalue weighted by atomic mass is 16.5. The first-order chi connectivity index (χ1) is 6.83. The van der Waals surface area contributed by atoms with E-state index in [1.165, 1.54) is 0 Å². The summed E-state index contributed by atoms with van der Waals surface area (Å²) in [6.07, 6.45) is 0. The first-order valence-corrected chi connectivity index (χ1v) is 4.62.